The van der Waals surface area contributed by atoms with Crippen LogP contribution in [0.25, 0.3) is 11.3 Å². The van der Waals surface area contributed by atoms with Gasteiger partial charge in [-0.1, -0.05) is 23.7 Å². The quantitative estimate of drug-likeness (QED) is 0.842. The number of halogens is 1. The predicted molar refractivity (Wildman–Crippen MR) is 66.8 cm³/mol. The lowest BCUT2D eigenvalue weighted by molar-refractivity contribution is 0.310. The summed E-state index contributed by atoms with van der Waals surface area (Å²) >= 11 is 5.79. The topological polar surface area (TPSA) is 68.3 Å². The molecule has 1 aromatic carbocycles. The fourth-order valence-electron chi connectivity index (χ4n) is 1.24. The lowest BCUT2D eigenvalue weighted by Crippen LogP contribution is -1.89. The van der Waals surface area contributed by atoms with Crippen molar-refractivity contribution in [1.29, 1.82) is 0 Å². The van der Waals surface area contributed by atoms with Gasteiger partial charge in [-0.25, -0.2) is 8.84 Å². The largest absolute Gasteiger partial charge is 0.250 e. The van der Waals surface area contributed by atoms with Crippen molar-refractivity contribution < 1.29 is 8.84 Å². The molecule has 0 aliphatic carbocycles. The van der Waals surface area contributed by atoms with Crippen LogP contribution in [0, 0.1) is 0 Å². The van der Waals surface area contributed by atoms with E-state index in [4.69, 9.17) is 11.6 Å². The van der Waals surface area contributed by atoms with Crippen LogP contribution < -0.4 is 0 Å². The standard InChI is InChI=1S/C10H10ClN3O2S/c1-17(2,15)14-10-9(12-16-13-10)7-3-5-8(11)6-4-7/h3-6H,1-2H3. The summed E-state index contributed by atoms with van der Waals surface area (Å²) in [4.78, 5) is 0. The molecule has 2 rings (SSSR count). The summed E-state index contributed by atoms with van der Waals surface area (Å²) in [5, 5.41) is 8.01. The van der Waals surface area contributed by atoms with E-state index >= 15 is 0 Å². The first-order chi connectivity index (χ1) is 7.96. The Morgan fingerprint density at radius 1 is 1.24 bits per heavy atom. The van der Waals surface area contributed by atoms with Crippen LogP contribution >= 0.6 is 11.6 Å². The lowest BCUT2D eigenvalue weighted by atomic mass is 10.1. The van der Waals surface area contributed by atoms with Crippen molar-refractivity contribution in [3.8, 4) is 11.3 Å². The van der Waals surface area contributed by atoms with E-state index in [0.717, 1.165) is 5.56 Å². The third kappa shape index (κ3) is 3.04. The minimum absolute atomic E-state index is 0.238. The smallest absolute Gasteiger partial charge is 0.233 e. The molecule has 0 saturated carbocycles. The molecule has 0 fully saturated rings. The summed E-state index contributed by atoms with van der Waals surface area (Å²) in [7, 11) is -2.30. The van der Waals surface area contributed by atoms with Gasteiger partial charge in [0.2, 0.25) is 5.82 Å². The van der Waals surface area contributed by atoms with Crippen molar-refractivity contribution in [2.75, 3.05) is 12.5 Å². The van der Waals surface area contributed by atoms with Crippen LogP contribution in [0.5, 0.6) is 0 Å². The predicted octanol–water partition coefficient (Wildman–Crippen LogP) is 2.75. The summed E-state index contributed by atoms with van der Waals surface area (Å²) in [5.74, 6) is 0.238. The number of rotatable bonds is 2. The summed E-state index contributed by atoms with van der Waals surface area (Å²) in [6, 6.07) is 7.00. The summed E-state index contributed by atoms with van der Waals surface area (Å²) < 4.78 is 20.2. The highest BCUT2D eigenvalue weighted by Gasteiger charge is 2.12. The molecule has 0 bridgehead atoms. The lowest BCUT2D eigenvalue weighted by Gasteiger charge is -1.97. The maximum atomic E-state index is 11.6. The highest BCUT2D eigenvalue weighted by atomic mass is 35.5. The molecular weight excluding hydrogens is 262 g/mol. The van der Waals surface area contributed by atoms with Crippen molar-refractivity contribution in [1.82, 2.24) is 10.3 Å². The Kier molecular flexibility index (Phi) is 3.17. The molecule has 7 heteroatoms. The molecule has 0 aliphatic rings. The first-order valence-corrected chi connectivity index (χ1v) is 7.42. The number of hydrogen-bond donors (Lipinski definition) is 0. The third-order valence-corrected chi connectivity index (χ3v) is 2.76. The first-order valence-electron chi connectivity index (χ1n) is 4.71. The van der Waals surface area contributed by atoms with Gasteiger partial charge in [-0.3, -0.25) is 0 Å². The third-order valence-electron chi connectivity index (χ3n) is 1.90. The molecular formula is C10H10ClN3O2S. The van der Waals surface area contributed by atoms with E-state index in [1.807, 2.05) is 0 Å². The molecule has 90 valence electrons. The second-order valence-electron chi connectivity index (χ2n) is 3.72. The summed E-state index contributed by atoms with van der Waals surface area (Å²) in [5.41, 5.74) is 1.22. The van der Waals surface area contributed by atoms with Gasteiger partial charge in [-0.2, -0.15) is 4.36 Å². The molecule has 0 atom stereocenters. The van der Waals surface area contributed by atoms with Gasteiger partial charge in [0, 0.05) is 32.8 Å². The monoisotopic (exact) mass is 271 g/mol. The van der Waals surface area contributed by atoms with Crippen molar-refractivity contribution in [3.05, 3.63) is 29.3 Å². The maximum Gasteiger partial charge on any atom is 0.233 e. The van der Waals surface area contributed by atoms with Gasteiger partial charge < -0.3 is 0 Å². The van der Waals surface area contributed by atoms with Crippen LogP contribution in [0.15, 0.2) is 33.3 Å². The number of aromatic nitrogens is 2. The van der Waals surface area contributed by atoms with Gasteiger partial charge in [0.1, 0.15) is 0 Å². The van der Waals surface area contributed by atoms with E-state index in [9.17, 15) is 4.21 Å². The van der Waals surface area contributed by atoms with E-state index in [1.54, 1.807) is 24.3 Å². The Morgan fingerprint density at radius 3 is 2.47 bits per heavy atom. The van der Waals surface area contributed by atoms with Crippen LogP contribution in [0.4, 0.5) is 5.82 Å². The van der Waals surface area contributed by atoms with Crippen LogP contribution in [-0.4, -0.2) is 27.0 Å². The van der Waals surface area contributed by atoms with E-state index in [0.29, 0.717) is 10.7 Å². The highest BCUT2D eigenvalue weighted by molar-refractivity contribution is 7.92. The highest BCUT2D eigenvalue weighted by Crippen LogP contribution is 2.28. The average molecular weight is 272 g/mol. The Balaban J connectivity index is 2.51. The van der Waals surface area contributed by atoms with Gasteiger partial charge in [0.25, 0.3) is 0 Å². The van der Waals surface area contributed by atoms with Crippen molar-refractivity contribution >= 4 is 27.1 Å². The molecule has 0 amide bonds. The normalized spacial score (nSPS) is 11.5. The summed E-state index contributed by atoms with van der Waals surface area (Å²) in [6.45, 7) is 0. The van der Waals surface area contributed by atoms with Gasteiger partial charge in [0.15, 0.2) is 5.69 Å². The Morgan fingerprint density at radius 2 is 1.88 bits per heavy atom. The van der Waals surface area contributed by atoms with E-state index in [2.05, 4.69) is 19.3 Å². The van der Waals surface area contributed by atoms with Crippen LogP contribution in [0.3, 0.4) is 0 Å². The van der Waals surface area contributed by atoms with Crippen molar-refractivity contribution in [2.24, 2.45) is 4.36 Å². The fourth-order valence-corrected chi connectivity index (χ4v) is 1.90. The number of benzene rings is 1. The minimum Gasteiger partial charge on any atom is -0.250 e. The number of nitrogens with zero attached hydrogens (tertiary/aromatic N) is 3. The first kappa shape index (κ1) is 12.1. The minimum atomic E-state index is -2.30. The van der Waals surface area contributed by atoms with Gasteiger partial charge >= 0.3 is 0 Å². The summed E-state index contributed by atoms with van der Waals surface area (Å²) in [6.07, 6.45) is 3.04. The molecule has 0 saturated heterocycles. The zero-order valence-corrected chi connectivity index (χ0v) is 10.8. The van der Waals surface area contributed by atoms with Gasteiger partial charge in [-0.05, 0) is 22.4 Å². The molecule has 1 heterocycles. The second kappa shape index (κ2) is 4.46. The molecule has 5 nitrogen and oxygen atoms in total. The van der Waals surface area contributed by atoms with Crippen molar-refractivity contribution in [2.45, 2.75) is 0 Å². The van der Waals surface area contributed by atoms with E-state index < -0.39 is 9.73 Å². The number of hydrogen-bond acceptors (Lipinski definition) is 5. The van der Waals surface area contributed by atoms with Crippen LogP contribution in [0.1, 0.15) is 0 Å². The zero-order chi connectivity index (χ0) is 12.5. The SMILES string of the molecule is CS(C)(=O)=Nc1nonc1-c1ccc(Cl)cc1. The molecule has 0 unspecified atom stereocenters. The molecule has 17 heavy (non-hydrogen) atoms. The fraction of sp³-hybridized carbons (Fsp3) is 0.200. The second-order valence-corrected chi connectivity index (χ2v) is 6.70. The van der Waals surface area contributed by atoms with Gasteiger partial charge in [-0.15, -0.1) is 0 Å². The van der Waals surface area contributed by atoms with Gasteiger partial charge in [0.05, 0.1) is 0 Å². The van der Waals surface area contributed by atoms with Crippen LogP contribution in [0.2, 0.25) is 5.02 Å². The average Bonchev–Trinajstić information content (AvgIpc) is 2.64. The molecule has 1 aromatic heterocycles. The maximum absolute atomic E-state index is 11.6. The van der Waals surface area contributed by atoms with E-state index in [-0.39, 0.29) is 5.82 Å². The molecule has 0 spiro atoms. The van der Waals surface area contributed by atoms with Crippen LogP contribution in [-0.2, 0) is 9.73 Å². The molecule has 2 aromatic rings. The van der Waals surface area contributed by atoms with E-state index in [1.165, 1.54) is 12.5 Å². The van der Waals surface area contributed by atoms with Crippen molar-refractivity contribution in [3.63, 3.8) is 0 Å². The zero-order valence-electron chi connectivity index (χ0n) is 9.25. The molecule has 0 aliphatic heterocycles. The Labute approximate surface area is 104 Å². The molecule has 0 N–H and O–H groups in total. The Bertz CT molecular complexity index is 634. The Hall–Kier alpha value is -1.40. The molecule has 0 radical (unpaired) electrons.